The van der Waals surface area contributed by atoms with Gasteiger partial charge in [-0.25, -0.2) is 0 Å². The molecular formula is C22H34NO3. The number of nitro groups is 1. The molecular weight excluding hydrogens is 326 g/mol. The first-order valence-corrected chi connectivity index (χ1v) is 9.85. The van der Waals surface area contributed by atoms with Gasteiger partial charge in [-0.1, -0.05) is 62.6 Å². The summed E-state index contributed by atoms with van der Waals surface area (Å²) in [7, 11) is 0. The summed E-state index contributed by atoms with van der Waals surface area (Å²) in [5.74, 6) is 0. The molecule has 0 aliphatic rings. The van der Waals surface area contributed by atoms with Crippen LogP contribution in [-0.4, -0.2) is 11.2 Å². The van der Waals surface area contributed by atoms with Crippen molar-refractivity contribution in [3.8, 4) is 0 Å². The van der Waals surface area contributed by atoms with E-state index < -0.39 is 0 Å². The maximum atomic E-state index is 11.1. The Morgan fingerprint density at radius 3 is 2.23 bits per heavy atom. The van der Waals surface area contributed by atoms with Crippen LogP contribution >= 0.6 is 0 Å². The second-order valence-electron chi connectivity index (χ2n) is 6.28. The molecule has 0 saturated heterocycles. The maximum Gasteiger partial charge on any atom is 0.246 e. The van der Waals surface area contributed by atoms with Crippen LogP contribution in [0.5, 0.6) is 0 Å². The largest absolute Gasteiger partial charge is 0.291 e. The summed E-state index contributed by atoms with van der Waals surface area (Å²) in [4.78, 5) is 20.8. The molecule has 4 heteroatoms. The number of nitrogens with zero attached hydrogens (tertiary/aromatic N) is 1. The van der Waals surface area contributed by atoms with Gasteiger partial charge in [-0.3, -0.25) is 14.9 Å². The molecule has 0 rings (SSSR count). The number of allylic oxidation sites excluding steroid dienone is 7. The standard InChI is InChI=1S/C22H34NO3/c1-2-3-4-5-6-7-8-10-13-16-19-22(23(25)26)20-17-14-11-9-12-15-18-21-24/h6-7,10,13-14,17,19H,2-5,8-9,11-12,15-16,18,20H2,1H3/b7-6+,13-10+,17-14+,22-19-. The van der Waals surface area contributed by atoms with Crippen molar-refractivity contribution in [2.45, 2.75) is 84.0 Å². The van der Waals surface area contributed by atoms with Crippen molar-refractivity contribution < 1.29 is 9.72 Å². The van der Waals surface area contributed by atoms with Crippen molar-refractivity contribution in [3.63, 3.8) is 0 Å². The number of rotatable bonds is 17. The first-order valence-electron chi connectivity index (χ1n) is 9.85. The summed E-state index contributed by atoms with van der Waals surface area (Å²) >= 11 is 0. The van der Waals surface area contributed by atoms with Gasteiger partial charge in [0.05, 0.1) is 11.3 Å². The molecule has 0 aromatic heterocycles. The molecule has 0 aromatic carbocycles. The van der Waals surface area contributed by atoms with E-state index in [9.17, 15) is 14.9 Å². The number of unbranched alkanes of at least 4 members (excludes halogenated alkanes) is 7. The number of carbonyl (C=O) groups excluding carboxylic acids is 1. The zero-order valence-corrected chi connectivity index (χ0v) is 16.2. The molecule has 0 fully saturated rings. The lowest BCUT2D eigenvalue weighted by Crippen LogP contribution is -1.97. The second kappa shape index (κ2) is 19.4. The van der Waals surface area contributed by atoms with Crippen molar-refractivity contribution in [3.05, 3.63) is 58.3 Å². The van der Waals surface area contributed by atoms with Gasteiger partial charge in [-0.05, 0) is 51.0 Å². The first-order chi connectivity index (χ1) is 12.7. The van der Waals surface area contributed by atoms with E-state index in [0.29, 0.717) is 19.3 Å². The monoisotopic (exact) mass is 360 g/mol. The molecule has 26 heavy (non-hydrogen) atoms. The summed E-state index contributed by atoms with van der Waals surface area (Å²) in [5, 5.41) is 11.1. The lowest BCUT2D eigenvalue weighted by atomic mass is 10.1. The summed E-state index contributed by atoms with van der Waals surface area (Å²) < 4.78 is 0. The molecule has 0 spiro atoms. The highest BCUT2D eigenvalue weighted by Crippen LogP contribution is 2.08. The predicted molar refractivity (Wildman–Crippen MR) is 109 cm³/mol. The minimum atomic E-state index is -0.300. The predicted octanol–water partition coefficient (Wildman–Crippen LogP) is 6.63. The van der Waals surface area contributed by atoms with Crippen LogP contribution in [0, 0.1) is 10.1 Å². The summed E-state index contributed by atoms with van der Waals surface area (Å²) in [6.07, 6.45) is 26.8. The van der Waals surface area contributed by atoms with E-state index in [1.165, 1.54) is 19.3 Å². The van der Waals surface area contributed by atoms with Crippen LogP contribution in [0.4, 0.5) is 0 Å². The Morgan fingerprint density at radius 1 is 0.885 bits per heavy atom. The van der Waals surface area contributed by atoms with Crippen molar-refractivity contribution in [1.29, 1.82) is 0 Å². The number of hydrogen-bond acceptors (Lipinski definition) is 3. The molecule has 0 aliphatic heterocycles. The van der Waals surface area contributed by atoms with Crippen LogP contribution in [0.1, 0.15) is 84.0 Å². The van der Waals surface area contributed by atoms with Gasteiger partial charge < -0.3 is 0 Å². The summed E-state index contributed by atoms with van der Waals surface area (Å²) in [6.45, 7) is 2.20. The molecule has 0 unspecified atom stereocenters. The summed E-state index contributed by atoms with van der Waals surface area (Å²) in [5.41, 5.74) is 0.247. The third-order valence-corrected chi connectivity index (χ3v) is 3.95. The van der Waals surface area contributed by atoms with Gasteiger partial charge in [-0.15, -0.1) is 0 Å². The van der Waals surface area contributed by atoms with Gasteiger partial charge >= 0.3 is 0 Å². The smallest absolute Gasteiger partial charge is 0.246 e. The molecule has 0 heterocycles. The van der Waals surface area contributed by atoms with E-state index in [4.69, 9.17) is 0 Å². The van der Waals surface area contributed by atoms with E-state index in [0.717, 1.165) is 38.5 Å². The number of hydrogen-bond donors (Lipinski definition) is 0. The van der Waals surface area contributed by atoms with E-state index in [1.54, 1.807) is 6.08 Å². The fourth-order valence-corrected chi connectivity index (χ4v) is 2.39. The van der Waals surface area contributed by atoms with Crippen molar-refractivity contribution in [1.82, 2.24) is 0 Å². The Labute approximate surface area is 158 Å². The topological polar surface area (TPSA) is 60.2 Å². The Bertz CT molecular complexity index is 476. The maximum absolute atomic E-state index is 11.1. The molecule has 0 saturated carbocycles. The Kier molecular flexibility index (Phi) is 17.9. The highest BCUT2D eigenvalue weighted by Gasteiger charge is 2.06. The molecule has 0 amide bonds. The molecule has 0 bridgehead atoms. The molecule has 1 radical (unpaired) electrons. The average molecular weight is 361 g/mol. The SMILES string of the molecule is CCCCC/C=C/C/C=C/C/C=C(/C/C=C/CCCCC[C]=O)[N+](=O)[O-]. The van der Waals surface area contributed by atoms with Gasteiger partial charge in [0.1, 0.15) is 0 Å². The third kappa shape index (κ3) is 16.9. The summed E-state index contributed by atoms with van der Waals surface area (Å²) in [6, 6.07) is 0. The van der Waals surface area contributed by atoms with E-state index in [-0.39, 0.29) is 10.6 Å². The van der Waals surface area contributed by atoms with Crippen molar-refractivity contribution in [2.24, 2.45) is 0 Å². The Hall–Kier alpha value is -1.97. The van der Waals surface area contributed by atoms with Crippen LogP contribution in [0.25, 0.3) is 0 Å². The van der Waals surface area contributed by atoms with Gasteiger partial charge in [-0.2, -0.15) is 0 Å². The molecule has 4 nitrogen and oxygen atoms in total. The van der Waals surface area contributed by atoms with E-state index >= 15 is 0 Å². The molecule has 0 aliphatic carbocycles. The van der Waals surface area contributed by atoms with Gasteiger partial charge in [0.25, 0.3) is 0 Å². The van der Waals surface area contributed by atoms with E-state index in [1.807, 2.05) is 24.5 Å². The highest BCUT2D eigenvalue weighted by atomic mass is 16.6. The molecule has 0 atom stereocenters. The minimum absolute atomic E-state index is 0.247. The van der Waals surface area contributed by atoms with Gasteiger partial charge in [0, 0.05) is 6.42 Å². The van der Waals surface area contributed by atoms with Crippen LogP contribution in [0.3, 0.4) is 0 Å². The van der Waals surface area contributed by atoms with Crippen molar-refractivity contribution >= 4 is 6.29 Å². The fraction of sp³-hybridized carbons (Fsp3) is 0.591. The van der Waals surface area contributed by atoms with Crippen LogP contribution < -0.4 is 0 Å². The Morgan fingerprint density at radius 2 is 1.54 bits per heavy atom. The third-order valence-electron chi connectivity index (χ3n) is 3.95. The van der Waals surface area contributed by atoms with Gasteiger partial charge in [0.2, 0.25) is 5.70 Å². The quantitative estimate of drug-likeness (QED) is 0.127. The average Bonchev–Trinajstić information content (AvgIpc) is 2.63. The van der Waals surface area contributed by atoms with Crippen molar-refractivity contribution in [2.75, 3.05) is 0 Å². The highest BCUT2D eigenvalue weighted by molar-refractivity contribution is 5.50. The zero-order valence-electron chi connectivity index (χ0n) is 16.2. The van der Waals surface area contributed by atoms with Crippen LogP contribution in [0.15, 0.2) is 48.2 Å². The van der Waals surface area contributed by atoms with E-state index in [2.05, 4.69) is 25.2 Å². The van der Waals surface area contributed by atoms with Crippen LogP contribution in [0.2, 0.25) is 0 Å². The lowest BCUT2D eigenvalue weighted by molar-refractivity contribution is -0.427. The van der Waals surface area contributed by atoms with Crippen LogP contribution in [-0.2, 0) is 4.79 Å². The molecule has 145 valence electrons. The lowest BCUT2D eigenvalue weighted by Gasteiger charge is -1.95. The Balaban J connectivity index is 3.96. The minimum Gasteiger partial charge on any atom is -0.291 e. The molecule has 0 N–H and O–H groups in total. The first kappa shape index (κ1) is 24.0. The fourth-order valence-electron chi connectivity index (χ4n) is 2.39. The van der Waals surface area contributed by atoms with Gasteiger partial charge in [0.15, 0.2) is 6.29 Å². The molecule has 0 aromatic rings. The second-order valence-corrected chi connectivity index (χ2v) is 6.28. The zero-order chi connectivity index (χ0) is 19.3. The normalized spacial score (nSPS) is 12.6.